The molecule has 0 bridgehead atoms. The van der Waals surface area contributed by atoms with E-state index in [4.69, 9.17) is 16.3 Å². The molecule has 2 aromatic rings. The number of carbonyl (C=O) groups is 2. The molecule has 0 spiro atoms. The highest BCUT2D eigenvalue weighted by Crippen LogP contribution is 2.40. The van der Waals surface area contributed by atoms with E-state index in [1.54, 1.807) is 19.9 Å². The van der Waals surface area contributed by atoms with Gasteiger partial charge in [0.25, 0.3) is 0 Å². The summed E-state index contributed by atoms with van der Waals surface area (Å²) in [7, 11) is 0. The van der Waals surface area contributed by atoms with Gasteiger partial charge in [-0.2, -0.15) is 26.3 Å². The molecule has 0 aliphatic carbocycles. The first kappa shape index (κ1) is 27.6. The van der Waals surface area contributed by atoms with Crippen LogP contribution in [0.5, 0.6) is 0 Å². The van der Waals surface area contributed by atoms with Crippen molar-refractivity contribution in [2.45, 2.75) is 57.7 Å². The molecule has 12 heteroatoms. The summed E-state index contributed by atoms with van der Waals surface area (Å²) in [4.78, 5) is 27.3. The third kappa shape index (κ3) is 6.43. The zero-order chi connectivity index (χ0) is 26.8. The van der Waals surface area contributed by atoms with Crippen LogP contribution in [-0.2, 0) is 28.4 Å². The molecular formula is C24H23ClF6N2O3. The predicted octanol–water partition coefficient (Wildman–Crippen LogP) is 7.22. The lowest BCUT2D eigenvalue weighted by molar-refractivity contribution is -0.143. The zero-order valence-corrected chi connectivity index (χ0v) is 20.0. The number of hydrogen-bond acceptors (Lipinski definition) is 3. The van der Waals surface area contributed by atoms with E-state index in [1.165, 1.54) is 17.0 Å². The van der Waals surface area contributed by atoms with Crippen molar-refractivity contribution in [2.24, 2.45) is 0 Å². The van der Waals surface area contributed by atoms with E-state index in [9.17, 15) is 35.9 Å². The summed E-state index contributed by atoms with van der Waals surface area (Å²) in [5.74, 6) is 0. The van der Waals surface area contributed by atoms with Crippen LogP contribution in [0.3, 0.4) is 0 Å². The molecule has 1 aliphatic heterocycles. The van der Waals surface area contributed by atoms with E-state index in [1.807, 2.05) is 0 Å². The van der Waals surface area contributed by atoms with Gasteiger partial charge in [-0.1, -0.05) is 17.7 Å². The van der Waals surface area contributed by atoms with E-state index < -0.39 is 48.3 Å². The van der Waals surface area contributed by atoms with Gasteiger partial charge in [-0.15, -0.1) is 0 Å². The van der Waals surface area contributed by atoms with Crippen LogP contribution in [0.15, 0.2) is 36.4 Å². The summed E-state index contributed by atoms with van der Waals surface area (Å²) in [6.07, 6.45) is -10.0. The summed E-state index contributed by atoms with van der Waals surface area (Å²) >= 11 is 6.14. The average Bonchev–Trinajstić information content (AvgIpc) is 2.95. The quantitative estimate of drug-likeness (QED) is 0.299. The van der Waals surface area contributed by atoms with Gasteiger partial charge in [0.15, 0.2) is 0 Å². The summed E-state index contributed by atoms with van der Waals surface area (Å²) < 4.78 is 85.1. The number of carbonyl (C=O) groups excluding carboxylic acids is 2. The van der Waals surface area contributed by atoms with Gasteiger partial charge in [0.2, 0.25) is 6.41 Å². The van der Waals surface area contributed by atoms with Crippen molar-refractivity contribution in [3.8, 4) is 0 Å². The number of rotatable bonds is 5. The lowest BCUT2D eigenvalue weighted by atomic mass is 9.98. The van der Waals surface area contributed by atoms with Crippen LogP contribution in [-0.4, -0.2) is 30.1 Å². The highest BCUT2D eigenvalue weighted by molar-refractivity contribution is 6.31. The first-order chi connectivity index (χ1) is 16.7. The van der Waals surface area contributed by atoms with E-state index in [-0.39, 0.29) is 18.2 Å². The molecule has 0 fully saturated rings. The number of benzene rings is 2. The van der Waals surface area contributed by atoms with Crippen LogP contribution < -0.4 is 4.90 Å². The fourth-order valence-corrected chi connectivity index (χ4v) is 4.26. The van der Waals surface area contributed by atoms with Crippen molar-refractivity contribution in [3.05, 3.63) is 63.7 Å². The molecule has 36 heavy (non-hydrogen) atoms. The number of hydrogen-bond donors (Lipinski definition) is 0. The molecule has 0 N–H and O–H groups in total. The minimum atomic E-state index is -5.01. The van der Waals surface area contributed by atoms with Crippen LogP contribution in [0.2, 0.25) is 5.02 Å². The summed E-state index contributed by atoms with van der Waals surface area (Å²) in [6.45, 7) is 3.05. The molecular weight excluding hydrogens is 514 g/mol. The van der Waals surface area contributed by atoms with Crippen LogP contribution in [0, 0.1) is 0 Å². The molecule has 3 rings (SSSR count). The number of amides is 2. The first-order valence-electron chi connectivity index (χ1n) is 11.0. The normalized spacial score (nSPS) is 16.4. The number of anilines is 1. The van der Waals surface area contributed by atoms with Gasteiger partial charge >= 0.3 is 18.4 Å². The van der Waals surface area contributed by atoms with Crippen molar-refractivity contribution < 1.29 is 40.7 Å². The number of halogens is 7. The smallest absolute Gasteiger partial charge is 0.416 e. The monoisotopic (exact) mass is 536 g/mol. The highest BCUT2D eigenvalue weighted by atomic mass is 35.5. The molecule has 1 unspecified atom stereocenters. The molecule has 1 aliphatic rings. The minimum Gasteiger partial charge on any atom is -0.446 e. The minimum absolute atomic E-state index is 0.0376. The second-order valence-corrected chi connectivity index (χ2v) is 9.07. The van der Waals surface area contributed by atoms with Crippen molar-refractivity contribution in [3.63, 3.8) is 0 Å². The molecule has 0 saturated heterocycles. The van der Waals surface area contributed by atoms with Crippen molar-refractivity contribution in [1.29, 1.82) is 0 Å². The predicted molar refractivity (Wildman–Crippen MR) is 120 cm³/mol. The van der Waals surface area contributed by atoms with Crippen LogP contribution in [0.25, 0.3) is 0 Å². The molecule has 2 aromatic carbocycles. The summed E-state index contributed by atoms with van der Waals surface area (Å²) in [5, 5.41) is 0.294. The molecule has 5 nitrogen and oxygen atoms in total. The van der Waals surface area contributed by atoms with E-state index in [2.05, 4.69) is 0 Å². The molecule has 0 aromatic heterocycles. The van der Waals surface area contributed by atoms with Crippen molar-refractivity contribution in [1.82, 2.24) is 4.90 Å². The maximum Gasteiger partial charge on any atom is 0.416 e. The Balaban J connectivity index is 2.03. The molecule has 0 radical (unpaired) electrons. The van der Waals surface area contributed by atoms with E-state index >= 15 is 0 Å². The third-order valence-electron chi connectivity index (χ3n) is 5.61. The Kier molecular flexibility index (Phi) is 8.12. The SMILES string of the molecule is CC(C)OC(=O)N1CCCC(N(C=O)Cc2cc(C(F)(F)F)cc(C(F)(F)F)c2)c2ccc(Cl)cc21. The Hall–Kier alpha value is -2.95. The largest absolute Gasteiger partial charge is 0.446 e. The summed E-state index contributed by atoms with van der Waals surface area (Å²) in [6, 6.07) is 5.10. The highest BCUT2D eigenvalue weighted by Gasteiger charge is 2.37. The van der Waals surface area contributed by atoms with E-state index in [0.717, 1.165) is 4.90 Å². The fourth-order valence-electron chi connectivity index (χ4n) is 4.09. The second-order valence-electron chi connectivity index (χ2n) is 8.64. The lowest BCUT2D eigenvalue weighted by Gasteiger charge is -2.30. The Labute approximate surface area is 208 Å². The Bertz CT molecular complexity index is 1090. The average molecular weight is 537 g/mol. The van der Waals surface area contributed by atoms with Crippen molar-refractivity contribution in [2.75, 3.05) is 11.4 Å². The van der Waals surface area contributed by atoms with Gasteiger partial charge in [0.05, 0.1) is 29.0 Å². The van der Waals surface area contributed by atoms with Crippen LogP contribution >= 0.6 is 11.6 Å². The first-order valence-corrected chi connectivity index (χ1v) is 11.4. The Morgan fingerprint density at radius 3 is 2.25 bits per heavy atom. The zero-order valence-electron chi connectivity index (χ0n) is 19.3. The molecule has 1 atom stereocenters. The Morgan fingerprint density at radius 2 is 1.72 bits per heavy atom. The summed E-state index contributed by atoms with van der Waals surface area (Å²) in [5.41, 5.74) is -2.45. The number of ether oxygens (including phenoxy) is 1. The standard InChI is InChI=1S/C24H23ClF6N2O3/c1-14(2)36-22(35)33-7-3-4-20(19-6-5-18(25)11-21(19)33)32(13-34)12-15-8-16(23(26,27)28)10-17(9-15)24(29,30)31/h5-6,8-11,13-14,20H,3-4,7,12H2,1-2H3. The third-order valence-corrected chi connectivity index (χ3v) is 5.84. The van der Waals surface area contributed by atoms with Gasteiger partial charge in [-0.05, 0) is 68.1 Å². The second kappa shape index (κ2) is 10.6. The van der Waals surface area contributed by atoms with Gasteiger partial charge in [-0.25, -0.2) is 4.79 Å². The van der Waals surface area contributed by atoms with Gasteiger partial charge in [0, 0.05) is 18.1 Å². The molecule has 1 heterocycles. The van der Waals surface area contributed by atoms with Crippen LogP contribution in [0.4, 0.5) is 36.8 Å². The Morgan fingerprint density at radius 1 is 1.11 bits per heavy atom. The maximum absolute atomic E-state index is 13.3. The topological polar surface area (TPSA) is 49.9 Å². The number of nitrogens with zero attached hydrogens (tertiary/aromatic N) is 2. The fraction of sp³-hybridized carbons (Fsp3) is 0.417. The van der Waals surface area contributed by atoms with Gasteiger partial charge < -0.3 is 9.64 Å². The van der Waals surface area contributed by atoms with E-state index in [0.29, 0.717) is 47.7 Å². The maximum atomic E-state index is 13.3. The number of fused-ring (bicyclic) bond motifs is 1. The van der Waals surface area contributed by atoms with Crippen LogP contribution in [0.1, 0.15) is 55.0 Å². The molecule has 0 saturated carbocycles. The van der Waals surface area contributed by atoms with Gasteiger partial charge in [0.1, 0.15) is 0 Å². The lowest BCUT2D eigenvalue weighted by Crippen LogP contribution is -2.34. The van der Waals surface area contributed by atoms with Crippen molar-refractivity contribution >= 4 is 29.8 Å². The van der Waals surface area contributed by atoms with Gasteiger partial charge in [-0.3, -0.25) is 9.69 Å². The molecule has 196 valence electrons. The number of alkyl halides is 6. The molecule has 2 amide bonds.